The first-order valence-electron chi connectivity index (χ1n) is 8.48. The van der Waals surface area contributed by atoms with Gasteiger partial charge in [0.2, 0.25) is 11.1 Å². The van der Waals surface area contributed by atoms with Gasteiger partial charge in [-0.05, 0) is 54.3 Å². The molecule has 0 N–H and O–H groups in total. The summed E-state index contributed by atoms with van der Waals surface area (Å²) in [6, 6.07) is 8.12. The normalized spacial score (nSPS) is 17.5. The molecule has 0 aliphatic carbocycles. The number of rotatable bonds is 6. The third-order valence-electron chi connectivity index (χ3n) is 4.44. The van der Waals surface area contributed by atoms with Gasteiger partial charge in [0.15, 0.2) is 0 Å². The molecule has 1 unspecified atom stereocenters. The number of carbonyl (C=O) groups is 1. The van der Waals surface area contributed by atoms with Gasteiger partial charge < -0.3 is 9.64 Å². The number of piperidine rings is 1. The van der Waals surface area contributed by atoms with E-state index in [9.17, 15) is 4.79 Å². The van der Waals surface area contributed by atoms with E-state index in [0.29, 0.717) is 23.5 Å². The van der Waals surface area contributed by atoms with Gasteiger partial charge in [-0.1, -0.05) is 23.9 Å². The van der Waals surface area contributed by atoms with Crippen LogP contribution in [-0.2, 0) is 11.3 Å². The molecule has 2 aromatic rings. The molecule has 0 saturated carbocycles. The lowest BCUT2D eigenvalue weighted by Crippen LogP contribution is -2.43. The van der Waals surface area contributed by atoms with E-state index in [0.717, 1.165) is 30.7 Å². The number of hydrogen-bond acceptors (Lipinski definition) is 6. The molecule has 25 heavy (non-hydrogen) atoms. The summed E-state index contributed by atoms with van der Waals surface area (Å²) < 4.78 is 6.89. The number of benzene rings is 1. The number of tetrazole rings is 1. The van der Waals surface area contributed by atoms with Crippen LogP contribution in [0.15, 0.2) is 29.4 Å². The molecule has 1 aromatic carbocycles. The Morgan fingerprint density at radius 3 is 2.84 bits per heavy atom. The number of hydrogen-bond donors (Lipinski definition) is 0. The van der Waals surface area contributed by atoms with E-state index in [1.54, 1.807) is 11.8 Å². The van der Waals surface area contributed by atoms with Crippen molar-refractivity contribution in [2.45, 2.75) is 43.9 Å². The Morgan fingerprint density at radius 2 is 2.12 bits per heavy atom. The summed E-state index contributed by atoms with van der Waals surface area (Å²) in [5.74, 6) is 1.35. The Bertz CT molecular complexity index is 703. The van der Waals surface area contributed by atoms with E-state index < -0.39 is 0 Å². The fourth-order valence-electron chi connectivity index (χ4n) is 2.98. The van der Waals surface area contributed by atoms with E-state index in [1.165, 1.54) is 18.2 Å². The lowest BCUT2D eigenvalue weighted by molar-refractivity contribution is -0.131. The summed E-state index contributed by atoms with van der Waals surface area (Å²) in [6.07, 6.45) is 3.39. The van der Waals surface area contributed by atoms with Gasteiger partial charge in [0.25, 0.3) is 0 Å². The van der Waals surface area contributed by atoms with Gasteiger partial charge in [-0.15, -0.1) is 5.10 Å². The SMILES string of the molecule is COc1ccc(Cn2nnnc2SCC(=O)N2CCCCC2C)cc1. The molecule has 0 spiro atoms. The first-order chi connectivity index (χ1) is 12.2. The molecular formula is C17H23N5O2S. The number of ether oxygens (including phenoxy) is 1. The van der Waals surface area contributed by atoms with E-state index in [1.807, 2.05) is 29.2 Å². The molecule has 0 bridgehead atoms. The highest BCUT2D eigenvalue weighted by atomic mass is 32.2. The van der Waals surface area contributed by atoms with Gasteiger partial charge in [-0.25, -0.2) is 4.68 Å². The van der Waals surface area contributed by atoms with Crippen LogP contribution in [0, 0.1) is 0 Å². The summed E-state index contributed by atoms with van der Waals surface area (Å²) in [5, 5.41) is 12.5. The molecule has 1 aliphatic heterocycles. The zero-order valence-corrected chi connectivity index (χ0v) is 15.4. The maximum absolute atomic E-state index is 12.5. The van der Waals surface area contributed by atoms with E-state index >= 15 is 0 Å². The Kier molecular flexibility index (Phi) is 5.91. The van der Waals surface area contributed by atoms with Gasteiger partial charge in [0.1, 0.15) is 5.75 Å². The van der Waals surface area contributed by atoms with Crippen molar-refractivity contribution in [2.24, 2.45) is 0 Å². The molecule has 3 rings (SSSR count). The van der Waals surface area contributed by atoms with Crippen LogP contribution in [0.1, 0.15) is 31.7 Å². The third-order valence-corrected chi connectivity index (χ3v) is 5.38. The molecule has 1 atom stereocenters. The molecular weight excluding hydrogens is 338 g/mol. The van der Waals surface area contributed by atoms with Crippen molar-refractivity contribution in [1.29, 1.82) is 0 Å². The number of methoxy groups -OCH3 is 1. The largest absolute Gasteiger partial charge is 0.497 e. The van der Waals surface area contributed by atoms with Crippen LogP contribution in [-0.4, -0.2) is 56.5 Å². The summed E-state index contributed by atoms with van der Waals surface area (Å²) >= 11 is 1.40. The summed E-state index contributed by atoms with van der Waals surface area (Å²) in [4.78, 5) is 14.4. The lowest BCUT2D eigenvalue weighted by atomic mass is 10.0. The highest BCUT2D eigenvalue weighted by Crippen LogP contribution is 2.21. The Hall–Kier alpha value is -2.09. The molecule has 1 aromatic heterocycles. The Labute approximate surface area is 151 Å². The molecule has 1 saturated heterocycles. The number of nitrogens with zero attached hydrogens (tertiary/aromatic N) is 5. The maximum Gasteiger partial charge on any atom is 0.233 e. The summed E-state index contributed by atoms with van der Waals surface area (Å²) in [5.41, 5.74) is 1.07. The smallest absolute Gasteiger partial charge is 0.233 e. The van der Waals surface area contributed by atoms with Gasteiger partial charge in [-0.3, -0.25) is 4.79 Å². The fourth-order valence-corrected chi connectivity index (χ4v) is 3.74. The van der Waals surface area contributed by atoms with Crippen molar-refractivity contribution in [3.63, 3.8) is 0 Å². The van der Waals surface area contributed by atoms with Crippen molar-refractivity contribution >= 4 is 17.7 Å². The van der Waals surface area contributed by atoms with Crippen molar-refractivity contribution in [1.82, 2.24) is 25.1 Å². The highest BCUT2D eigenvalue weighted by molar-refractivity contribution is 7.99. The molecule has 1 fully saturated rings. The highest BCUT2D eigenvalue weighted by Gasteiger charge is 2.23. The molecule has 1 amide bonds. The van der Waals surface area contributed by atoms with Gasteiger partial charge in [0, 0.05) is 12.6 Å². The monoisotopic (exact) mass is 361 g/mol. The molecule has 0 radical (unpaired) electrons. The molecule has 7 nitrogen and oxygen atoms in total. The third kappa shape index (κ3) is 4.50. The van der Waals surface area contributed by atoms with E-state index in [2.05, 4.69) is 22.4 Å². The van der Waals surface area contributed by atoms with E-state index in [4.69, 9.17) is 4.74 Å². The zero-order valence-electron chi connectivity index (χ0n) is 14.6. The van der Waals surface area contributed by atoms with Crippen molar-refractivity contribution in [3.05, 3.63) is 29.8 Å². The number of amides is 1. The average molecular weight is 361 g/mol. The number of thioether (sulfide) groups is 1. The Balaban J connectivity index is 1.58. The zero-order chi connectivity index (χ0) is 17.6. The molecule has 134 valence electrons. The second kappa shape index (κ2) is 8.33. The second-order valence-electron chi connectivity index (χ2n) is 6.19. The second-order valence-corrected chi connectivity index (χ2v) is 7.13. The van der Waals surface area contributed by atoms with Crippen LogP contribution in [0.5, 0.6) is 5.75 Å². The topological polar surface area (TPSA) is 73.1 Å². The van der Waals surface area contributed by atoms with Crippen LogP contribution in [0.3, 0.4) is 0 Å². The van der Waals surface area contributed by atoms with E-state index in [-0.39, 0.29) is 5.91 Å². The lowest BCUT2D eigenvalue weighted by Gasteiger charge is -2.33. The number of aromatic nitrogens is 4. The average Bonchev–Trinajstić information content (AvgIpc) is 3.08. The fraction of sp³-hybridized carbons (Fsp3) is 0.529. The van der Waals surface area contributed by atoms with Crippen LogP contribution >= 0.6 is 11.8 Å². The van der Waals surface area contributed by atoms with Crippen LogP contribution in [0.4, 0.5) is 0 Å². The first-order valence-corrected chi connectivity index (χ1v) is 9.47. The Morgan fingerprint density at radius 1 is 1.32 bits per heavy atom. The summed E-state index contributed by atoms with van der Waals surface area (Å²) in [6.45, 7) is 3.54. The predicted molar refractivity (Wildman–Crippen MR) is 95.7 cm³/mol. The number of carbonyl (C=O) groups excluding carboxylic acids is 1. The van der Waals surface area contributed by atoms with Crippen LogP contribution in [0.2, 0.25) is 0 Å². The van der Waals surface area contributed by atoms with Crippen LogP contribution in [0.25, 0.3) is 0 Å². The van der Waals surface area contributed by atoms with Gasteiger partial charge in [0.05, 0.1) is 19.4 Å². The first kappa shape index (κ1) is 17.7. The minimum atomic E-state index is 0.163. The minimum Gasteiger partial charge on any atom is -0.497 e. The maximum atomic E-state index is 12.5. The van der Waals surface area contributed by atoms with Gasteiger partial charge >= 0.3 is 0 Å². The van der Waals surface area contributed by atoms with Gasteiger partial charge in [-0.2, -0.15) is 0 Å². The van der Waals surface area contributed by atoms with Crippen LogP contribution < -0.4 is 4.74 Å². The van der Waals surface area contributed by atoms with Crippen molar-refractivity contribution < 1.29 is 9.53 Å². The standard InChI is InChI=1S/C17H23N5O2S/c1-13-5-3-4-10-21(13)16(23)12-25-17-18-19-20-22(17)11-14-6-8-15(24-2)9-7-14/h6-9,13H,3-5,10-12H2,1-2H3. The molecule has 2 heterocycles. The van der Waals surface area contributed by atoms with Crippen molar-refractivity contribution in [3.8, 4) is 5.75 Å². The predicted octanol–water partition coefficient (Wildman–Crippen LogP) is 2.22. The number of likely N-dealkylation sites (tertiary alicyclic amines) is 1. The molecule has 1 aliphatic rings. The summed E-state index contributed by atoms with van der Waals surface area (Å²) in [7, 11) is 1.64. The molecule has 8 heteroatoms. The quantitative estimate of drug-likeness (QED) is 0.735. The minimum absolute atomic E-state index is 0.163. The van der Waals surface area contributed by atoms with Crippen molar-refractivity contribution in [2.75, 3.05) is 19.4 Å².